The van der Waals surface area contributed by atoms with E-state index in [0.29, 0.717) is 23.3 Å². The van der Waals surface area contributed by atoms with Gasteiger partial charge in [-0.15, -0.1) is 0 Å². The lowest BCUT2D eigenvalue weighted by atomic mass is 9.99. The lowest BCUT2D eigenvalue weighted by Crippen LogP contribution is -2.48. The zero-order chi connectivity index (χ0) is 15.7. The standard InChI is InChI=1S/C15H21N3O3S/c1-22(20,21)18-14-5-3-2-4-13(14)15(19)17-12-8-10-6-7-11(9-12)16-10/h2-5,10-12,16,18H,6-9H2,1H3,(H,17,19). The van der Waals surface area contributed by atoms with Crippen LogP contribution in [0.1, 0.15) is 36.0 Å². The second kappa shape index (κ2) is 5.89. The third-order valence-electron chi connectivity index (χ3n) is 4.28. The summed E-state index contributed by atoms with van der Waals surface area (Å²) in [4.78, 5) is 12.5. The van der Waals surface area contributed by atoms with E-state index < -0.39 is 10.0 Å². The van der Waals surface area contributed by atoms with Crippen molar-refractivity contribution >= 4 is 21.6 Å². The third-order valence-corrected chi connectivity index (χ3v) is 4.87. The lowest BCUT2D eigenvalue weighted by molar-refractivity contribution is 0.0925. The maximum absolute atomic E-state index is 12.5. The van der Waals surface area contributed by atoms with Crippen molar-refractivity contribution < 1.29 is 13.2 Å². The van der Waals surface area contributed by atoms with Crippen molar-refractivity contribution in [1.82, 2.24) is 10.6 Å². The molecule has 3 rings (SSSR count). The van der Waals surface area contributed by atoms with Crippen LogP contribution < -0.4 is 15.4 Å². The van der Waals surface area contributed by atoms with Crippen LogP contribution in [0.15, 0.2) is 24.3 Å². The van der Waals surface area contributed by atoms with Crippen molar-refractivity contribution in [3.05, 3.63) is 29.8 Å². The van der Waals surface area contributed by atoms with Gasteiger partial charge in [-0.25, -0.2) is 8.42 Å². The van der Waals surface area contributed by atoms with Crippen LogP contribution in [0, 0.1) is 0 Å². The number of carbonyl (C=O) groups excluding carboxylic acids is 1. The SMILES string of the molecule is CS(=O)(=O)Nc1ccccc1C(=O)NC1CC2CCC(C1)N2. The minimum Gasteiger partial charge on any atom is -0.349 e. The second-order valence-corrected chi connectivity index (χ2v) is 7.95. The number of nitrogens with one attached hydrogen (secondary N) is 3. The summed E-state index contributed by atoms with van der Waals surface area (Å²) in [6.45, 7) is 0. The largest absolute Gasteiger partial charge is 0.349 e. The average molecular weight is 323 g/mol. The Balaban J connectivity index is 1.72. The van der Waals surface area contributed by atoms with Gasteiger partial charge in [-0.1, -0.05) is 12.1 Å². The molecule has 2 heterocycles. The van der Waals surface area contributed by atoms with E-state index in [1.165, 1.54) is 12.8 Å². The van der Waals surface area contributed by atoms with Crippen LogP contribution in [0.4, 0.5) is 5.69 Å². The van der Waals surface area contributed by atoms with E-state index in [-0.39, 0.29) is 11.9 Å². The van der Waals surface area contributed by atoms with Gasteiger partial charge in [-0.3, -0.25) is 9.52 Å². The zero-order valence-electron chi connectivity index (χ0n) is 12.5. The highest BCUT2D eigenvalue weighted by Gasteiger charge is 2.34. The number of hydrogen-bond donors (Lipinski definition) is 3. The molecule has 2 fully saturated rings. The molecule has 2 bridgehead atoms. The summed E-state index contributed by atoms with van der Waals surface area (Å²) in [7, 11) is -3.41. The van der Waals surface area contributed by atoms with Crippen LogP contribution in [-0.2, 0) is 10.0 Å². The number of sulfonamides is 1. The topological polar surface area (TPSA) is 87.3 Å². The first-order chi connectivity index (χ1) is 10.4. The Morgan fingerprint density at radius 1 is 1.18 bits per heavy atom. The highest BCUT2D eigenvalue weighted by molar-refractivity contribution is 7.92. The van der Waals surface area contributed by atoms with E-state index in [0.717, 1.165) is 19.1 Å². The summed E-state index contributed by atoms with van der Waals surface area (Å²) in [5.74, 6) is -0.224. The lowest BCUT2D eigenvalue weighted by Gasteiger charge is -2.29. The molecule has 6 nitrogen and oxygen atoms in total. The number of anilines is 1. The highest BCUT2D eigenvalue weighted by Crippen LogP contribution is 2.27. The fourth-order valence-corrected chi connectivity index (χ4v) is 3.99. The number of para-hydroxylation sites is 1. The van der Waals surface area contributed by atoms with Crippen molar-refractivity contribution in [2.24, 2.45) is 0 Å². The maximum atomic E-state index is 12.5. The van der Waals surface area contributed by atoms with Gasteiger partial charge in [0.2, 0.25) is 10.0 Å². The third kappa shape index (κ3) is 3.59. The molecule has 2 saturated heterocycles. The predicted molar refractivity (Wildman–Crippen MR) is 85.3 cm³/mol. The van der Waals surface area contributed by atoms with Gasteiger partial charge in [0.15, 0.2) is 0 Å². The zero-order valence-corrected chi connectivity index (χ0v) is 13.3. The fraction of sp³-hybridized carbons (Fsp3) is 0.533. The van der Waals surface area contributed by atoms with Gasteiger partial charge < -0.3 is 10.6 Å². The molecule has 0 radical (unpaired) electrons. The minimum absolute atomic E-state index is 0.150. The molecular weight excluding hydrogens is 302 g/mol. The Hall–Kier alpha value is -1.60. The smallest absolute Gasteiger partial charge is 0.253 e. The summed E-state index contributed by atoms with van der Waals surface area (Å²) in [6.07, 6.45) is 5.28. The molecule has 2 atom stereocenters. The van der Waals surface area contributed by atoms with Crippen LogP contribution in [0.5, 0.6) is 0 Å². The van der Waals surface area contributed by atoms with E-state index in [2.05, 4.69) is 15.4 Å². The molecule has 2 aliphatic heterocycles. The average Bonchev–Trinajstić information content (AvgIpc) is 2.76. The van der Waals surface area contributed by atoms with Crippen molar-refractivity contribution in [1.29, 1.82) is 0 Å². The Kier molecular flexibility index (Phi) is 4.10. The first kappa shape index (κ1) is 15.3. The van der Waals surface area contributed by atoms with Crippen LogP contribution >= 0.6 is 0 Å². The number of hydrogen-bond acceptors (Lipinski definition) is 4. The monoisotopic (exact) mass is 323 g/mol. The number of amides is 1. The van der Waals surface area contributed by atoms with E-state index >= 15 is 0 Å². The van der Waals surface area contributed by atoms with Crippen LogP contribution in [0.2, 0.25) is 0 Å². The first-order valence-corrected chi connectivity index (χ1v) is 9.43. The molecule has 0 aliphatic carbocycles. The number of carbonyl (C=O) groups is 1. The van der Waals surface area contributed by atoms with Gasteiger partial charge in [-0.2, -0.15) is 0 Å². The number of piperidine rings is 1. The van der Waals surface area contributed by atoms with Crippen LogP contribution in [-0.4, -0.2) is 38.7 Å². The normalized spacial score (nSPS) is 27.4. The van der Waals surface area contributed by atoms with Gasteiger partial charge in [0.25, 0.3) is 5.91 Å². The summed E-state index contributed by atoms with van der Waals surface area (Å²) in [5.41, 5.74) is 0.679. The number of rotatable bonds is 4. The molecule has 2 aliphatic rings. The molecule has 0 aromatic heterocycles. The second-order valence-electron chi connectivity index (χ2n) is 6.20. The molecule has 120 valence electrons. The quantitative estimate of drug-likeness (QED) is 0.773. The van der Waals surface area contributed by atoms with Crippen molar-refractivity contribution in [2.75, 3.05) is 11.0 Å². The van der Waals surface area contributed by atoms with Gasteiger partial charge in [0, 0.05) is 18.1 Å². The Labute approximate surface area is 130 Å². The van der Waals surface area contributed by atoms with E-state index in [9.17, 15) is 13.2 Å². The summed E-state index contributed by atoms with van der Waals surface area (Å²) >= 11 is 0. The van der Waals surface area contributed by atoms with Gasteiger partial charge in [0.05, 0.1) is 17.5 Å². The molecule has 7 heteroatoms. The minimum atomic E-state index is -3.41. The molecule has 2 unspecified atom stereocenters. The van der Waals surface area contributed by atoms with Gasteiger partial charge in [-0.05, 0) is 37.8 Å². The summed E-state index contributed by atoms with van der Waals surface area (Å²) in [5, 5.41) is 6.58. The Morgan fingerprint density at radius 3 is 2.45 bits per heavy atom. The van der Waals surface area contributed by atoms with Crippen molar-refractivity contribution in [3.63, 3.8) is 0 Å². The van der Waals surface area contributed by atoms with E-state index in [1.807, 2.05) is 0 Å². The molecule has 1 aromatic carbocycles. The first-order valence-electron chi connectivity index (χ1n) is 7.54. The molecule has 0 spiro atoms. The van der Waals surface area contributed by atoms with Crippen molar-refractivity contribution in [3.8, 4) is 0 Å². The van der Waals surface area contributed by atoms with Crippen LogP contribution in [0.3, 0.4) is 0 Å². The summed E-state index contributed by atoms with van der Waals surface area (Å²) in [6, 6.07) is 7.81. The molecule has 3 N–H and O–H groups in total. The van der Waals surface area contributed by atoms with Gasteiger partial charge >= 0.3 is 0 Å². The number of fused-ring (bicyclic) bond motifs is 2. The van der Waals surface area contributed by atoms with E-state index in [4.69, 9.17) is 0 Å². The molecule has 1 amide bonds. The fourth-order valence-electron chi connectivity index (χ4n) is 3.41. The Morgan fingerprint density at radius 2 is 1.82 bits per heavy atom. The predicted octanol–water partition coefficient (Wildman–Crippen LogP) is 1.07. The highest BCUT2D eigenvalue weighted by atomic mass is 32.2. The number of benzene rings is 1. The molecule has 22 heavy (non-hydrogen) atoms. The maximum Gasteiger partial charge on any atom is 0.253 e. The molecule has 0 saturated carbocycles. The van der Waals surface area contributed by atoms with Gasteiger partial charge in [0.1, 0.15) is 0 Å². The van der Waals surface area contributed by atoms with Crippen molar-refractivity contribution in [2.45, 2.75) is 43.8 Å². The molecule has 1 aromatic rings. The van der Waals surface area contributed by atoms with Crippen LogP contribution in [0.25, 0.3) is 0 Å². The molecular formula is C15H21N3O3S. The van der Waals surface area contributed by atoms with E-state index in [1.54, 1.807) is 24.3 Å². The summed E-state index contributed by atoms with van der Waals surface area (Å²) < 4.78 is 25.2. The Bertz CT molecular complexity index is 662.